The van der Waals surface area contributed by atoms with Crippen molar-refractivity contribution in [3.05, 3.63) is 41.5 Å². The molecule has 2 nitrogen and oxygen atoms in total. The van der Waals surface area contributed by atoms with Gasteiger partial charge in [-0.1, -0.05) is 75.4 Å². The summed E-state index contributed by atoms with van der Waals surface area (Å²) in [6.45, 7) is 2.25. The third kappa shape index (κ3) is 9.38. The summed E-state index contributed by atoms with van der Waals surface area (Å²) in [5, 5.41) is 8.57. The summed E-state index contributed by atoms with van der Waals surface area (Å²) in [7, 11) is 0. The lowest BCUT2D eigenvalue weighted by molar-refractivity contribution is -0.137. The van der Waals surface area contributed by atoms with Crippen LogP contribution in [0.3, 0.4) is 0 Å². The maximum absolute atomic E-state index is 10.4. The molecule has 1 aromatic rings. The average molecular weight is 302 g/mol. The predicted molar refractivity (Wildman–Crippen MR) is 94.0 cm³/mol. The number of unbranched alkanes of at least 4 members (excludes halogenated alkanes) is 6. The number of hydrogen-bond acceptors (Lipinski definition) is 1. The maximum atomic E-state index is 10.4. The fourth-order valence-corrected chi connectivity index (χ4v) is 2.50. The minimum Gasteiger partial charge on any atom is -0.481 e. The molecule has 2 heteroatoms. The number of carboxylic acid groups (broad SMARTS) is 1. The van der Waals surface area contributed by atoms with Gasteiger partial charge < -0.3 is 5.11 Å². The zero-order chi connectivity index (χ0) is 16.0. The molecule has 0 saturated heterocycles. The normalized spacial score (nSPS) is 11.1. The van der Waals surface area contributed by atoms with Gasteiger partial charge in [0.15, 0.2) is 0 Å². The van der Waals surface area contributed by atoms with Crippen LogP contribution in [0.15, 0.2) is 30.3 Å². The van der Waals surface area contributed by atoms with Crippen molar-refractivity contribution in [2.75, 3.05) is 0 Å². The summed E-state index contributed by atoms with van der Waals surface area (Å²) in [4.78, 5) is 10.4. The molecule has 0 heterocycles. The van der Waals surface area contributed by atoms with Crippen LogP contribution >= 0.6 is 0 Å². The molecule has 122 valence electrons. The maximum Gasteiger partial charge on any atom is 0.303 e. The highest BCUT2D eigenvalue weighted by molar-refractivity contribution is 5.66. The molecule has 0 aliphatic rings. The van der Waals surface area contributed by atoms with E-state index in [0.29, 0.717) is 6.42 Å². The first-order valence-electron chi connectivity index (χ1n) is 8.69. The number of hydrogen-bond donors (Lipinski definition) is 1. The molecule has 22 heavy (non-hydrogen) atoms. The first-order chi connectivity index (χ1) is 10.7. The van der Waals surface area contributed by atoms with Crippen molar-refractivity contribution in [2.24, 2.45) is 0 Å². The van der Waals surface area contributed by atoms with E-state index in [0.717, 1.165) is 6.42 Å². The van der Waals surface area contributed by atoms with Crippen LogP contribution in [-0.4, -0.2) is 11.1 Å². The van der Waals surface area contributed by atoms with Gasteiger partial charge in [-0.15, -0.1) is 0 Å². The van der Waals surface area contributed by atoms with Crippen LogP contribution < -0.4 is 0 Å². The van der Waals surface area contributed by atoms with Crippen LogP contribution in [0, 0.1) is 0 Å². The monoisotopic (exact) mass is 302 g/mol. The van der Waals surface area contributed by atoms with Crippen LogP contribution in [0.5, 0.6) is 0 Å². The highest BCUT2D eigenvalue weighted by Crippen LogP contribution is 2.12. The summed E-state index contributed by atoms with van der Waals surface area (Å²) >= 11 is 0. The Hall–Kier alpha value is -1.57. The largest absolute Gasteiger partial charge is 0.481 e. The van der Waals surface area contributed by atoms with Gasteiger partial charge in [-0.25, -0.2) is 0 Å². The van der Waals surface area contributed by atoms with Crippen LogP contribution in [0.25, 0.3) is 6.08 Å². The highest BCUT2D eigenvalue weighted by Gasteiger charge is 1.96. The van der Waals surface area contributed by atoms with Crippen LogP contribution in [0.1, 0.15) is 75.8 Å². The second-order valence-electron chi connectivity index (χ2n) is 5.95. The summed E-state index contributed by atoms with van der Waals surface area (Å²) in [5.74, 6) is -0.715. The Labute approximate surface area is 135 Å². The van der Waals surface area contributed by atoms with Crippen LogP contribution in [0.2, 0.25) is 0 Å². The molecule has 0 atom stereocenters. The lowest BCUT2D eigenvalue weighted by Crippen LogP contribution is -1.92. The van der Waals surface area contributed by atoms with E-state index in [1.165, 1.54) is 56.1 Å². The summed E-state index contributed by atoms with van der Waals surface area (Å²) in [6, 6.07) is 8.73. The third-order valence-corrected chi connectivity index (χ3v) is 3.87. The van der Waals surface area contributed by atoms with Crippen molar-refractivity contribution < 1.29 is 9.90 Å². The molecule has 0 amide bonds. The predicted octanol–water partition coefficient (Wildman–Crippen LogP) is 5.86. The Balaban J connectivity index is 2.19. The molecular weight excluding hydrogens is 272 g/mol. The lowest BCUT2D eigenvalue weighted by Gasteiger charge is -2.03. The molecule has 1 rings (SSSR count). The molecule has 1 aromatic carbocycles. The van der Waals surface area contributed by atoms with E-state index in [-0.39, 0.29) is 6.42 Å². The third-order valence-electron chi connectivity index (χ3n) is 3.87. The average Bonchev–Trinajstić information content (AvgIpc) is 2.51. The Morgan fingerprint density at radius 3 is 2.36 bits per heavy atom. The fourth-order valence-electron chi connectivity index (χ4n) is 2.50. The zero-order valence-electron chi connectivity index (χ0n) is 13.9. The van der Waals surface area contributed by atoms with Gasteiger partial charge in [0, 0.05) is 6.42 Å². The summed E-state index contributed by atoms with van der Waals surface area (Å²) in [6.07, 6.45) is 15.2. The summed E-state index contributed by atoms with van der Waals surface area (Å²) in [5.41, 5.74) is 2.61. The Morgan fingerprint density at radius 2 is 1.68 bits per heavy atom. The molecular formula is C20H30O2. The molecule has 0 radical (unpaired) electrons. The first kappa shape index (κ1) is 18.5. The van der Waals surface area contributed by atoms with Gasteiger partial charge in [-0.3, -0.25) is 4.79 Å². The van der Waals surface area contributed by atoms with Gasteiger partial charge in [-0.2, -0.15) is 0 Å². The zero-order valence-corrected chi connectivity index (χ0v) is 13.9. The van der Waals surface area contributed by atoms with Crippen molar-refractivity contribution in [3.63, 3.8) is 0 Å². The first-order valence-corrected chi connectivity index (χ1v) is 8.69. The molecule has 0 bridgehead atoms. The van der Waals surface area contributed by atoms with Crippen LogP contribution in [-0.2, 0) is 11.2 Å². The van der Waals surface area contributed by atoms with Gasteiger partial charge in [0.05, 0.1) is 0 Å². The number of aryl methyl sites for hydroxylation is 1. The molecule has 0 fully saturated rings. The lowest BCUT2D eigenvalue weighted by atomic mass is 10.0. The molecule has 1 N–H and O–H groups in total. The van der Waals surface area contributed by atoms with Gasteiger partial charge in [0.2, 0.25) is 0 Å². The highest BCUT2D eigenvalue weighted by atomic mass is 16.4. The number of carbonyl (C=O) groups is 1. The minimum atomic E-state index is -0.715. The van der Waals surface area contributed by atoms with Gasteiger partial charge in [0.25, 0.3) is 0 Å². The molecule has 0 aliphatic heterocycles. The van der Waals surface area contributed by atoms with Crippen LogP contribution in [0.4, 0.5) is 0 Å². The molecule has 0 aromatic heterocycles. The van der Waals surface area contributed by atoms with E-state index < -0.39 is 5.97 Å². The van der Waals surface area contributed by atoms with Crippen molar-refractivity contribution in [3.8, 4) is 0 Å². The van der Waals surface area contributed by atoms with Crippen molar-refractivity contribution >= 4 is 12.0 Å². The molecule has 0 saturated carbocycles. The number of aliphatic carboxylic acids is 1. The van der Waals surface area contributed by atoms with Gasteiger partial charge >= 0.3 is 5.97 Å². The Bertz CT molecular complexity index is 432. The second-order valence-corrected chi connectivity index (χ2v) is 5.95. The van der Waals surface area contributed by atoms with Crippen molar-refractivity contribution in [2.45, 2.75) is 71.1 Å². The number of benzene rings is 1. The number of rotatable bonds is 12. The smallest absolute Gasteiger partial charge is 0.303 e. The van der Waals surface area contributed by atoms with E-state index in [9.17, 15) is 4.79 Å². The minimum absolute atomic E-state index is 0.252. The summed E-state index contributed by atoms with van der Waals surface area (Å²) < 4.78 is 0. The van der Waals surface area contributed by atoms with Crippen molar-refractivity contribution in [1.82, 2.24) is 0 Å². The van der Waals surface area contributed by atoms with E-state index in [2.05, 4.69) is 43.3 Å². The van der Waals surface area contributed by atoms with Crippen molar-refractivity contribution in [1.29, 1.82) is 0 Å². The SMILES string of the molecule is CCCCCCCCc1ccc(/C=C/CCCC(=O)O)cc1. The second kappa shape index (κ2) is 12.0. The Morgan fingerprint density at radius 1 is 1.00 bits per heavy atom. The van der Waals surface area contributed by atoms with Gasteiger partial charge in [0.1, 0.15) is 0 Å². The molecule has 0 aliphatic carbocycles. The standard InChI is InChI=1S/C20H30O2/c1-2-3-4-5-6-8-11-18-14-16-19(17-15-18)12-9-7-10-13-20(21)22/h9,12,14-17H,2-8,10-11,13H2,1H3,(H,21,22)/b12-9+. The van der Waals surface area contributed by atoms with E-state index in [1.807, 2.05) is 0 Å². The topological polar surface area (TPSA) is 37.3 Å². The quantitative estimate of drug-likeness (QED) is 0.491. The molecule has 0 spiro atoms. The molecule has 0 unspecified atom stereocenters. The van der Waals surface area contributed by atoms with Gasteiger partial charge in [-0.05, 0) is 36.8 Å². The van der Waals surface area contributed by atoms with E-state index >= 15 is 0 Å². The fraction of sp³-hybridized carbons (Fsp3) is 0.550. The van der Waals surface area contributed by atoms with E-state index in [4.69, 9.17) is 5.11 Å². The Kier molecular flexibility index (Phi) is 10.1. The number of allylic oxidation sites excluding steroid dienone is 1. The number of carboxylic acids is 1. The van der Waals surface area contributed by atoms with E-state index in [1.54, 1.807) is 0 Å².